The minimum Gasteiger partial charge on any atom is -0.268 e. The Bertz CT molecular complexity index is 1100. The molecule has 1 heterocycles. The van der Waals surface area contributed by atoms with Gasteiger partial charge in [0.1, 0.15) is 0 Å². The van der Waals surface area contributed by atoms with Crippen molar-refractivity contribution in [1.82, 2.24) is 14.0 Å². The van der Waals surface area contributed by atoms with Crippen LogP contribution in [0.3, 0.4) is 0 Å². The summed E-state index contributed by atoms with van der Waals surface area (Å²) < 4.78 is 11.9. The number of hydrogen-bond donors (Lipinski definition) is 0. The quantitative estimate of drug-likeness (QED) is 0.289. The van der Waals surface area contributed by atoms with Gasteiger partial charge in [-0.05, 0) is 24.3 Å². The summed E-state index contributed by atoms with van der Waals surface area (Å²) in [4.78, 5) is 41.6. The summed E-state index contributed by atoms with van der Waals surface area (Å²) in [6.45, 7) is 17.0. The Morgan fingerprint density at radius 2 is 1.08 bits per heavy atom. The van der Waals surface area contributed by atoms with E-state index in [1.165, 1.54) is 0 Å². The van der Waals surface area contributed by atoms with Gasteiger partial charge in [-0.1, -0.05) is 65.8 Å². The van der Waals surface area contributed by atoms with Crippen molar-refractivity contribution in [3.63, 3.8) is 0 Å². The highest BCUT2D eigenvalue weighted by Crippen LogP contribution is 2.59. The second-order valence-corrected chi connectivity index (χ2v) is 11.3. The molecule has 2 aromatic rings. The number of nitrogens with zero attached hydrogens (tertiary/aromatic N) is 5. The molecule has 3 rings (SSSR count). The molecule has 194 valence electrons. The Balaban J connectivity index is 2.23. The lowest BCUT2D eigenvalue weighted by Crippen LogP contribution is -2.41. The van der Waals surface area contributed by atoms with Crippen LogP contribution in [0.25, 0.3) is 0 Å². The first-order valence-corrected chi connectivity index (χ1v) is 14.5. The van der Waals surface area contributed by atoms with E-state index in [4.69, 9.17) is 4.74 Å². The van der Waals surface area contributed by atoms with E-state index in [0.717, 1.165) is 44.2 Å². The summed E-state index contributed by atoms with van der Waals surface area (Å²) in [5, 5.41) is 0. The van der Waals surface area contributed by atoms with Crippen LogP contribution < -0.4 is 4.90 Å². The standard InChI is InChI=1S/C27H38N5O3P/c1-7-29(8-2)36(30(9-3)10-4,31(11-5)12-6)28-25(33)23-19-15-16-20-24(23)32-26(34)21-17-13-14-18-22(21)27(32)35/h13-20H,7-12H2,1-6H3. The first-order chi connectivity index (χ1) is 17.4. The zero-order chi connectivity index (χ0) is 26.5. The molecule has 0 atom stereocenters. The fourth-order valence-electron chi connectivity index (χ4n) is 4.97. The molecule has 3 amide bonds. The van der Waals surface area contributed by atoms with Crippen LogP contribution in [0.4, 0.5) is 5.69 Å². The summed E-state index contributed by atoms with van der Waals surface area (Å²) in [5.74, 6) is -1.26. The highest BCUT2D eigenvalue weighted by molar-refractivity contribution is 7.59. The van der Waals surface area contributed by atoms with Crippen molar-refractivity contribution in [3.8, 4) is 0 Å². The zero-order valence-electron chi connectivity index (χ0n) is 22.3. The summed E-state index contributed by atoms with van der Waals surface area (Å²) in [5.41, 5.74) is 1.22. The Morgan fingerprint density at radius 3 is 1.50 bits per heavy atom. The summed E-state index contributed by atoms with van der Waals surface area (Å²) >= 11 is 0. The summed E-state index contributed by atoms with van der Waals surface area (Å²) in [7, 11) is -2.60. The van der Waals surface area contributed by atoms with Crippen molar-refractivity contribution >= 4 is 30.9 Å². The predicted molar refractivity (Wildman–Crippen MR) is 146 cm³/mol. The van der Waals surface area contributed by atoms with Crippen molar-refractivity contribution in [1.29, 1.82) is 0 Å². The van der Waals surface area contributed by atoms with Gasteiger partial charge in [-0.3, -0.25) is 14.4 Å². The van der Waals surface area contributed by atoms with Crippen LogP contribution >= 0.6 is 7.51 Å². The molecule has 1 aliphatic rings. The van der Waals surface area contributed by atoms with Gasteiger partial charge in [-0.15, -0.1) is 0 Å². The predicted octanol–water partition coefficient (Wildman–Crippen LogP) is 5.60. The van der Waals surface area contributed by atoms with E-state index in [-0.39, 0.29) is 11.3 Å². The van der Waals surface area contributed by atoms with E-state index in [1.807, 2.05) is 0 Å². The van der Waals surface area contributed by atoms with Gasteiger partial charge in [0.05, 0.1) is 22.4 Å². The molecule has 2 aromatic carbocycles. The maximum absolute atomic E-state index is 14.1. The summed E-state index contributed by atoms with van der Waals surface area (Å²) in [6, 6.07) is 13.5. The number of anilines is 1. The van der Waals surface area contributed by atoms with E-state index in [1.54, 1.807) is 48.5 Å². The molecule has 0 unspecified atom stereocenters. The van der Waals surface area contributed by atoms with Crippen LogP contribution in [0.5, 0.6) is 0 Å². The molecule has 1 aliphatic heterocycles. The normalized spacial score (nSPS) is 13.8. The Kier molecular flexibility index (Phi) is 9.36. The van der Waals surface area contributed by atoms with E-state index in [2.05, 4.69) is 55.6 Å². The fourth-order valence-corrected chi connectivity index (χ4v) is 9.05. The number of para-hydroxylation sites is 1. The number of hydrogen-bond acceptors (Lipinski definition) is 3. The van der Waals surface area contributed by atoms with E-state index in [0.29, 0.717) is 11.1 Å². The number of amides is 3. The van der Waals surface area contributed by atoms with Gasteiger partial charge in [0.15, 0.2) is 7.51 Å². The molecule has 9 heteroatoms. The van der Waals surface area contributed by atoms with Crippen LogP contribution in [-0.4, -0.2) is 71.0 Å². The van der Waals surface area contributed by atoms with Gasteiger partial charge in [-0.25, -0.2) is 18.9 Å². The third-order valence-electron chi connectivity index (χ3n) is 6.72. The maximum Gasteiger partial charge on any atom is 0.281 e. The van der Waals surface area contributed by atoms with Crippen LogP contribution in [-0.2, 0) is 0 Å². The van der Waals surface area contributed by atoms with E-state index < -0.39 is 25.2 Å². The third-order valence-corrected chi connectivity index (χ3v) is 11.1. The lowest BCUT2D eigenvalue weighted by atomic mass is 10.1. The molecule has 0 spiro atoms. The molecule has 0 aromatic heterocycles. The average Bonchev–Trinajstić information content (AvgIpc) is 3.15. The van der Waals surface area contributed by atoms with Gasteiger partial charge in [0.2, 0.25) is 0 Å². The number of benzene rings is 2. The number of rotatable bonds is 11. The molecular weight excluding hydrogens is 473 g/mol. The van der Waals surface area contributed by atoms with Crippen LogP contribution in [0.2, 0.25) is 0 Å². The average molecular weight is 512 g/mol. The lowest BCUT2D eigenvalue weighted by molar-refractivity contribution is 0.0926. The first kappa shape index (κ1) is 27.9. The molecule has 0 saturated carbocycles. The van der Waals surface area contributed by atoms with Crippen LogP contribution in [0, 0.1) is 0 Å². The molecular formula is C27H38N5O3P. The Hall–Kier alpha value is -2.64. The van der Waals surface area contributed by atoms with Crippen LogP contribution in [0.15, 0.2) is 53.3 Å². The molecule has 0 aliphatic carbocycles. The Morgan fingerprint density at radius 1 is 0.694 bits per heavy atom. The summed E-state index contributed by atoms with van der Waals surface area (Å²) in [6.07, 6.45) is 0. The highest BCUT2D eigenvalue weighted by atomic mass is 31.2. The van der Waals surface area contributed by atoms with Gasteiger partial charge in [0.25, 0.3) is 17.7 Å². The second-order valence-electron chi connectivity index (χ2n) is 8.37. The minimum atomic E-state index is -2.60. The lowest BCUT2D eigenvalue weighted by Gasteiger charge is -2.48. The first-order valence-electron chi connectivity index (χ1n) is 12.9. The number of fused-ring (bicyclic) bond motifs is 1. The molecule has 0 saturated heterocycles. The molecule has 0 N–H and O–H groups in total. The highest BCUT2D eigenvalue weighted by Gasteiger charge is 2.40. The molecule has 8 nitrogen and oxygen atoms in total. The molecule has 0 bridgehead atoms. The number of imide groups is 1. The smallest absolute Gasteiger partial charge is 0.268 e. The SMILES string of the molecule is CCN(CC)P(=NC(=O)c1ccccc1N1C(=O)c2ccccc2C1=O)(N(CC)CC)N(CC)CC. The molecule has 36 heavy (non-hydrogen) atoms. The van der Waals surface area contributed by atoms with Crippen molar-refractivity contribution in [2.45, 2.75) is 41.5 Å². The van der Waals surface area contributed by atoms with E-state index >= 15 is 0 Å². The second kappa shape index (κ2) is 12.1. The third kappa shape index (κ3) is 4.71. The van der Waals surface area contributed by atoms with Crippen molar-refractivity contribution in [2.24, 2.45) is 4.74 Å². The topological polar surface area (TPSA) is 76.5 Å². The van der Waals surface area contributed by atoms with Gasteiger partial charge in [-0.2, -0.15) is 4.74 Å². The Labute approximate surface area is 215 Å². The minimum absolute atomic E-state index is 0.253. The van der Waals surface area contributed by atoms with Gasteiger partial charge < -0.3 is 0 Å². The number of carbonyl (C=O) groups is 3. The zero-order valence-corrected chi connectivity index (χ0v) is 23.2. The number of carbonyl (C=O) groups excluding carboxylic acids is 3. The largest absolute Gasteiger partial charge is 0.281 e. The van der Waals surface area contributed by atoms with Gasteiger partial charge in [0, 0.05) is 39.3 Å². The van der Waals surface area contributed by atoms with Gasteiger partial charge >= 0.3 is 0 Å². The van der Waals surface area contributed by atoms with Crippen molar-refractivity contribution in [2.75, 3.05) is 44.2 Å². The molecule has 0 radical (unpaired) electrons. The monoisotopic (exact) mass is 511 g/mol. The van der Waals surface area contributed by atoms with Crippen LogP contribution in [0.1, 0.15) is 72.6 Å². The fraction of sp³-hybridized carbons (Fsp3) is 0.444. The van der Waals surface area contributed by atoms with Crippen molar-refractivity contribution < 1.29 is 14.4 Å². The maximum atomic E-state index is 14.1. The molecule has 0 fully saturated rings. The van der Waals surface area contributed by atoms with Crippen molar-refractivity contribution in [3.05, 3.63) is 65.2 Å². The van der Waals surface area contributed by atoms with E-state index in [9.17, 15) is 14.4 Å².